The van der Waals surface area contributed by atoms with Crippen LogP contribution in [0, 0.1) is 0 Å². The largest absolute Gasteiger partial charge is 0.481 e. The predicted octanol–water partition coefficient (Wildman–Crippen LogP) is -0.0873. The third-order valence-electron chi connectivity index (χ3n) is 2.09. The summed E-state index contributed by atoms with van der Waals surface area (Å²) in [7, 11) is 0. The summed E-state index contributed by atoms with van der Waals surface area (Å²) in [5, 5.41) is 24.4. The number of hydrogen-bond acceptors (Lipinski definition) is 5. The van der Waals surface area contributed by atoms with Gasteiger partial charge in [0.15, 0.2) is 0 Å². The Balaban J connectivity index is 2.32. The smallest absolute Gasteiger partial charge is 0.326 e. The quantitative estimate of drug-likeness (QED) is 0.555. The average molecular weight is 287 g/mol. The molecule has 0 fully saturated rings. The fraction of sp³-hybridized carbons (Fsp3) is 0.400. The summed E-state index contributed by atoms with van der Waals surface area (Å²) in [5.74, 6) is -2.69. The van der Waals surface area contributed by atoms with E-state index in [1.54, 1.807) is 6.20 Å². The van der Waals surface area contributed by atoms with Gasteiger partial charge in [-0.1, -0.05) is 0 Å². The first-order valence-corrected chi connectivity index (χ1v) is 6.24. The van der Waals surface area contributed by atoms with Crippen LogP contribution < -0.4 is 10.6 Å². The monoisotopic (exact) mass is 287 g/mol. The Labute approximate surface area is 112 Å². The molecule has 0 bridgehead atoms. The fourth-order valence-electron chi connectivity index (χ4n) is 1.24. The molecule has 8 nitrogen and oxygen atoms in total. The van der Waals surface area contributed by atoms with E-state index in [4.69, 9.17) is 10.2 Å². The zero-order valence-electron chi connectivity index (χ0n) is 9.83. The van der Waals surface area contributed by atoms with Gasteiger partial charge in [-0.05, 0) is 0 Å². The van der Waals surface area contributed by atoms with E-state index in [1.807, 2.05) is 5.38 Å². The molecule has 1 unspecified atom stereocenters. The molecule has 0 aliphatic rings. The molecule has 0 saturated carbocycles. The molecule has 1 aromatic rings. The van der Waals surface area contributed by atoms with Crippen molar-refractivity contribution < 1.29 is 24.6 Å². The Hall–Kier alpha value is -2.16. The molecule has 0 aliphatic heterocycles. The van der Waals surface area contributed by atoms with E-state index in [2.05, 4.69) is 15.6 Å². The van der Waals surface area contributed by atoms with Crippen LogP contribution >= 0.6 is 11.3 Å². The fourth-order valence-corrected chi connectivity index (χ4v) is 1.86. The highest BCUT2D eigenvalue weighted by molar-refractivity contribution is 7.09. The summed E-state index contributed by atoms with van der Waals surface area (Å²) in [4.78, 5) is 36.5. The van der Waals surface area contributed by atoms with Gasteiger partial charge in [0, 0.05) is 24.5 Å². The maximum absolute atomic E-state index is 11.4. The number of carbonyl (C=O) groups excluding carboxylic acids is 1. The van der Waals surface area contributed by atoms with Crippen LogP contribution in [0.4, 0.5) is 4.79 Å². The van der Waals surface area contributed by atoms with E-state index in [1.165, 1.54) is 11.3 Å². The van der Waals surface area contributed by atoms with Crippen LogP contribution in [-0.4, -0.2) is 45.8 Å². The second-order valence-corrected chi connectivity index (χ2v) is 4.54. The standard InChI is InChI=1S/C10H13N3O5S/c14-8(15)5-6(9(16)17)13-10(18)12-2-1-7-11-3-4-19-7/h3-4,6H,1-2,5H2,(H,14,15)(H,16,17)(H2,12,13,18). The number of carbonyl (C=O) groups is 3. The third kappa shape index (κ3) is 5.82. The number of nitrogens with zero attached hydrogens (tertiary/aromatic N) is 1. The number of carboxylic acid groups (broad SMARTS) is 2. The van der Waals surface area contributed by atoms with Crippen LogP contribution in [-0.2, 0) is 16.0 Å². The van der Waals surface area contributed by atoms with E-state index in [9.17, 15) is 14.4 Å². The Morgan fingerprint density at radius 2 is 2.11 bits per heavy atom. The van der Waals surface area contributed by atoms with E-state index in [0.29, 0.717) is 13.0 Å². The average Bonchev–Trinajstić information content (AvgIpc) is 2.80. The lowest BCUT2D eigenvalue weighted by Gasteiger charge is -2.12. The van der Waals surface area contributed by atoms with Gasteiger partial charge in [-0.3, -0.25) is 4.79 Å². The third-order valence-corrected chi connectivity index (χ3v) is 2.93. The lowest BCUT2D eigenvalue weighted by molar-refractivity contribution is -0.145. The van der Waals surface area contributed by atoms with Gasteiger partial charge < -0.3 is 20.8 Å². The van der Waals surface area contributed by atoms with Gasteiger partial charge in [0.1, 0.15) is 6.04 Å². The molecule has 0 aromatic carbocycles. The second-order valence-electron chi connectivity index (χ2n) is 3.56. The lowest BCUT2D eigenvalue weighted by atomic mass is 10.2. The van der Waals surface area contributed by atoms with Gasteiger partial charge in [-0.25, -0.2) is 14.6 Å². The van der Waals surface area contributed by atoms with Crippen LogP contribution in [0.3, 0.4) is 0 Å². The molecular formula is C10H13N3O5S. The van der Waals surface area contributed by atoms with Crippen molar-refractivity contribution in [2.45, 2.75) is 18.9 Å². The summed E-state index contributed by atoms with van der Waals surface area (Å²) < 4.78 is 0. The number of rotatable bonds is 7. The number of aromatic nitrogens is 1. The predicted molar refractivity (Wildman–Crippen MR) is 66.0 cm³/mol. The number of amides is 2. The maximum atomic E-state index is 11.4. The molecule has 0 aliphatic carbocycles. The zero-order chi connectivity index (χ0) is 14.3. The molecule has 104 valence electrons. The van der Waals surface area contributed by atoms with E-state index in [0.717, 1.165) is 5.01 Å². The van der Waals surface area contributed by atoms with Crippen molar-refractivity contribution in [1.29, 1.82) is 0 Å². The topological polar surface area (TPSA) is 129 Å². The van der Waals surface area contributed by atoms with Crippen molar-refractivity contribution in [1.82, 2.24) is 15.6 Å². The van der Waals surface area contributed by atoms with E-state index >= 15 is 0 Å². The molecule has 0 spiro atoms. The molecule has 1 rings (SSSR count). The Bertz CT molecular complexity index is 448. The van der Waals surface area contributed by atoms with Crippen molar-refractivity contribution >= 4 is 29.3 Å². The van der Waals surface area contributed by atoms with Gasteiger partial charge in [0.25, 0.3) is 0 Å². The Morgan fingerprint density at radius 1 is 1.37 bits per heavy atom. The van der Waals surface area contributed by atoms with Gasteiger partial charge in [-0.15, -0.1) is 11.3 Å². The summed E-state index contributed by atoms with van der Waals surface area (Å²) >= 11 is 1.45. The second kappa shape index (κ2) is 7.31. The van der Waals surface area contributed by atoms with Crippen molar-refractivity contribution in [2.75, 3.05) is 6.54 Å². The molecule has 2 amide bonds. The Kier molecular flexibility index (Phi) is 5.73. The number of carboxylic acids is 2. The van der Waals surface area contributed by atoms with Crippen LogP contribution in [0.2, 0.25) is 0 Å². The van der Waals surface area contributed by atoms with Crippen molar-refractivity contribution in [3.63, 3.8) is 0 Å². The van der Waals surface area contributed by atoms with Gasteiger partial charge in [-0.2, -0.15) is 0 Å². The Morgan fingerprint density at radius 3 is 2.63 bits per heavy atom. The summed E-state index contributed by atoms with van der Waals surface area (Å²) in [6.45, 7) is 0.290. The summed E-state index contributed by atoms with van der Waals surface area (Å²) in [6.07, 6.45) is 1.50. The number of urea groups is 1. The first-order chi connectivity index (χ1) is 8.99. The molecule has 4 N–H and O–H groups in total. The van der Waals surface area contributed by atoms with Crippen LogP contribution in [0.15, 0.2) is 11.6 Å². The minimum absolute atomic E-state index is 0.290. The van der Waals surface area contributed by atoms with Crippen molar-refractivity contribution in [2.24, 2.45) is 0 Å². The first kappa shape index (κ1) is 14.9. The molecule has 1 atom stereocenters. The highest BCUT2D eigenvalue weighted by atomic mass is 32.1. The van der Waals surface area contributed by atoms with Crippen LogP contribution in [0.5, 0.6) is 0 Å². The number of hydrogen-bond donors (Lipinski definition) is 4. The number of thiazole rings is 1. The van der Waals surface area contributed by atoms with Crippen LogP contribution in [0.1, 0.15) is 11.4 Å². The van der Waals surface area contributed by atoms with Gasteiger partial charge >= 0.3 is 18.0 Å². The molecule has 1 heterocycles. The van der Waals surface area contributed by atoms with Crippen LogP contribution in [0.25, 0.3) is 0 Å². The van der Waals surface area contributed by atoms with E-state index in [-0.39, 0.29) is 0 Å². The molecule has 9 heteroatoms. The van der Waals surface area contributed by atoms with E-state index < -0.39 is 30.4 Å². The molecule has 0 radical (unpaired) electrons. The first-order valence-electron chi connectivity index (χ1n) is 5.36. The maximum Gasteiger partial charge on any atom is 0.326 e. The summed E-state index contributed by atoms with van der Waals surface area (Å²) in [5.41, 5.74) is 0. The SMILES string of the molecule is O=C(O)CC(NC(=O)NCCc1nccs1)C(=O)O. The molecule has 1 aromatic heterocycles. The minimum atomic E-state index is -1.45. The number of nitrogens with one attached hydrogen (secondary N) is 2. The van der Waals surface area contributed by atoms with Gasteiger partial charge in [0.2, 0.25) is 0 Å². The molecule has 19 heavy (non-hydrogen) atoms. The normalized spacial score (nSPS) is 11.6. The number of aliphatic carboxylic acids is 2. The van der Waals surface area contributed by atoms with Gasteiger partial charge in [0.05, 0.1) is 11.4 Å². The summed E-state index contributed by atoms with van der Waals surface area (Å²) in [6, 6.07) is -2.16. The molecule has 0 saturated heterocycles. The van der Waals surface area contributed by atoms with Crippen molar-refractivity contribution in [3.05, 3.63) is 16.6 Å². The van der Waals surface area contributed by atoms with Crippen molar-refractivity contribution in [3.8, 4) is 0 Å². The molecular weight excluding hydrogens is 274 g/mol. The lowest BCUT2D eigenvalue weighted by Crippen LogP contribution is -2.47. The zero-order valence-corrected chi connectivity index (χ0v) is 10.6. The highest BCUT2D eigenvalue weighted by Crippen LogP contribution is 2.03. The minimum Gasteiger partial charge on any atom is -0.481 e. The highest BCUT2D eigenvalue weighted by Gasteiger charge is 2.22.